The largest absolute Gasteiger partial charge is 0.481 e. The minimum atomic E-state index is -1.29. The first-order valence-corrected chi connectivity index (χ1v) is 3.36. The molecule has 1 heterocycles. The highest BCUT2D eigenvalue weighted by Crippen LogP contribution is 2.16. The molecule has 0 amide bonds. The molecule has 0 aromatic rings. The predicted molar refractivity (Wildman–Crippen MR) is 37.8 cm³/mol. The van der Waals surface area contributed by atoms with Gasteiger partial charge in [0.25, 0.3) is 0 Å². The lowest BCUT2D eigenvalue weighted by Gasteiger charge is -2.25. The van der Waals surface area contributed by atoms with E-state index < -0.39 is 18.1 Å². The molecule has 4 heteroatoms. The molecule has 0 bridgehead atoms. The van der Waals surface area contributed by atoms with E-state index in [4.69, 9.17) is 5.11 Å². The van der Waals surface area contributed by atoms with Crippen LogP contribution in [0.25, 0.3) is 0 Å². The smallest absolute Gasteiger partial charge is 0.313 e. The van der Waals surface area contributed by atoms with Crippen LogP contribution >= 0.6 is 0 Å². The van der Waals surface area contributed by atoms with Gasteiger partial charge in [-0.05, 0) is 6.20 Å². The van der Waals surface area contributed by atoms with Gasteiger partial charge in [-0.2, -0.15) is 0 Å². The van der Waals surface area contributed by atoms with E-state index in [1.165, 1.54) is 6.08 Å². The van der Waals surface area contributed by atoms with E-state index in [-0.39, 0.29) is 6.54 Å². The molecule has 1 aliphatic rings. The molecule has 0 fully saturated rings. The molecule has 0 saturated carbocycles. The number of carboxylic acid groups (broad SMARTS) is 1. The molecule has 0 saturated heterocycles. The summed E-state index contributed by atoms with van der Waals surface area (Å²) in [7, 11) is 1.71. The molecule has 1 aliphatic heterocycles. The third kappa shape index (κ3) is 1.69. The molecule has 0 radical (unpaired) electrons. The van der Waals surface area contributed by atoms with Gasteiger partial charge in [-0.15, -0.1) is 0 Å². The summed E-state index contributed by atoms with van der Waals surface area (Å²) in [5.74, 6) is -2.06. The van der Waals surface area contributed by atoms with Crippen LogP contribution in [0.2, 0.25) is 0 Å². The predicted octanol–water partition coefficient (Wildman–Crippen LogP) is 0.484. The Morgan fingerprint density at radius 2 is 2.45 bits per heavy atom. The molecule has 11 heavy (non-hydrogen) atoms. The number of nitrogens with zero attached hydrogens (tertiary/aromatic N) is 1. The van der Waals surface area contributed by atoms with Gasteiger partial charge in [-0.3, -0.25) is 4.79 Å². The van der Waals surface area contributed by atoms with Crippen LogP contribution in [0.3, 0.4) is 0 Å². The van der Waals surface area contributed by atoms with Crippen molar-refractivity contribution in [2.24, 2.45) is 5.92 Å². The second-order valence-corrected chi connectivity index (χ2v) is 2.66. The van der Waals surface area contributed by atoms with Crippen molar-refractivity contribution in [3.05, 3.63) is 12.3 Å². The maximum Gasteiger partial charge on any atom is 0.313 e. The summed E-state index contributed by atoms with van der Waals surface area (Å²) in [6.45, 7) is 0.160. The number of hydrogen-bond donors (Lipinski definition) is 1. The minimum absolute atomic E-state index is 0.160. The Bertz CT molecular complexity index is 193. The van der Waals surface area contributed by atoms with Gasteiger partial charge in [0.05, 0.1) is 0 Å². The number of rotatable bonds is 1. The van der Waals surface area contributed by atoms with E-state index in [1.807, 2.05) is 0 Å². The van der Waals surface area contributed by atoms with Gasteiger partial charge in [0.1, 0.15) is 12.1 Å². The van der Waals surface area contributed by atoms with Gasteiger partial charge in [0.15, 0.2) is 0 Å². The Kier molecular flexibility index (Phi) is 2.12. The summed E-state index contributed by atoms with van der Waals surface area (Å²) in [4.78, 5) is 12.0. The molecule has 2 atom stereocenters. The normalized spacial score (nSPS) is 30.5. The molecular formula is C7H10FNO2. The average Bonchev–Trinajstić information content (AvgIpc) is 1.85. The molecule has 3 nitrogen and oxygen atoms in total. The highest BCUT2D eigenvalue weighted by atomic mass is 19.1. The minimum Gasteiger partial charge on any atom is -0.481 e. The molecule has 0 aromatic carbocycles. The Balaban J connectivity index is 2.68. The molecular weight excluding hydrogens is 149 g/mol. The topological polar surface area (TPSA) is 40.5 Å². The fourth-order valence-corrected chi connectivity index (χ4v) is 1.05. The van der Waals surface area contributed by atoms with E-state index in [0.29, 0.717) is 0 Å². The van der Waals surface area contributed by atoms with Gasteiger partial charge < -0.3 is 10.0 Å². The number of aliphatic carboxylic acids is 1. The third-order valence-electron chi connectivity index (χ3n) is 1.69. The maximum atomic E-state index is 12.9. The van der Waals surface area contributed by atoms with Crippen molar-refractivity contribution in [2.45, 2.75) is 6.17 Å². The summed E-state index contributed by atoms with van der Waals surface area (Å²) in [5.41, 5.74) is 0. The summed E-state index contributed by atoms with van der Waals surface area (Å²) >= 11 is 0. The highest BCUT2D eigenvalue weighted by molar-refractivity contribution is 5.73. The first kappa shape index (κ1) is 8.04. The van der Waals surface area contributed by atoms with Crippen molar-refractivity contribution < 1.29 is 14.3 Å². The number of carboxylic acids is 1. The number of hydrogen-bond acceptors (Lipinski definition) is 2. The van der Waals surface area contributed by atoms with Crippen molar-refractivity contribution in [3.63, 3.8) is 0 Å². The van der Waals surface area contributed by atoms with Crippen LogP contribution < -0.4 is 0 Å². The molecule has 0 aromatic heterocycles. The zero-order chi connectivity index (χ0) is 8.43. The third-order valence-corrected chi connectivity index (χ3v) is 1.69. The Labute approximate surface area is 64.1 Å². The molecule has 0 spiro atoms. The SMILES string of the molecule is CN1C=CC(C(=O)O)C(F)C1. The molecule has 1 N–H and O–H groups in total. The van der Waals surface area contributed by atoms with Gasteiger partial charge in [0.2, 0.25) is 0 Å². The Morgan fingerprint density at radius 3 is 2.91 bits per heavy atom. The van der Waals surface area contributed by atoms with Gasteiger partial charge in [-0.1, -0.05) is 6.08 Å². The molecule has 2 unspecified atom stereocenters. The van der Waals surface area contributed by atoms with Crippen molar-refractivity contribution in [1.82, 2.24) is 4.90 Å². The quantitative estimate of drug-likeness (QED) is 0.605. The summed E-state index contributed by atoms with van der Waals surface area (Å²) < 4.78 is 12.9. The lowest BCUT2D eigenvalue weighted by molar-refractivity contribution is -0.142. The maximum absolute atomic E-state index is 12.9. The Morgan fingerprint density at radius 1 is 1.82 bits per heavy atom. The van der Waals surface area contributed by atoms with Crippen LogP contribution in [0.5, 0.6) is 0 Å². The van der Waals surface area contributed by atoms with E-state index in [1.54, 1.807) is 18.1 Å². The molecule has 1 rings (SSSR count). The van der Waals surface area contributed by atoms with Gasteiger partial charge >= 0.3 is 5.97 Å². The molecule has 62 valence electrons. The fraction of sp³-hybridized carbons (Fsp3) is 0.571. The second-order valence-electron chi connectivity index (χ2n) is 2.66. The van der Waals surface area contributed by atoms with Crippen LogP contribution in [0.1, 0.15) is 0 Å². The average molecular weight is 159 g/mol. The highest BCUT2D eigenvalue weighted by Gasteiger charge is 2.28. The van der Waals surface area contributed by atoms with Crippen LogP contribution in [0.15, 0.2) is 12.3 Å². The number of alkyl halides is 1. The first-order valence-electron chi connectivity index (χ1n) is 3.36. The Hall–Kier alpha value is -1.06. The monoisotopic (exact) mass is 159 g/mol. The summed E-state index contributed by atoms with van der Waals surface area (Å²) in [5, 5.41) is 8.49. The van der Waals surface area contributed by atoms with Crippen LogP contribution in [0, 0.1) is 5.92 Å². The zero-order valence-electron chi connectivity index (χ0n) is 6.20. The first-order chi connectivity index (χ1) is 5.11. The van der Waals surface area contributed by atoms with Gasteiger partial charge in [0, 0.05) is 13.6 Å². The molecule has 0 aliphatic carbocycles. The number of carbonyl (C=O) groups is 1. The van der Waals surface area contributed by atoms with Crippen molar-refractivity contribution in [1.29, 1.82) is 0 Å². The van der Waals surface area contributed by atoms with E-state index in [0.717, 1.165) is 0 Å². The van der Waals surface area contributed by atoms with Gasteiger partial charge in [-0.25, -0.2) is 4.39 Å². The fourth-order valence-electron chi connectivity index (χ4n) is 1.05. The second kappa shape index (κ2) is 2.90. The van der Waals surface area contributed by atoms with E-state index in [9.17, 15) is 9.18 Å². The van der Waals surface area contributed by atoms with Crippen molar-refractivity contribution >= 4 is 5.97 Å². The number of halogens is 1. The van der Waals surface area contributed by atoms with Crippen molar-refractivity contribution in [2.75, 3.05) is 13.6 Å². The van der Waals surface area contributed by atoms with Crippen molar-refractivity contribution in [3.8, 4) is 0 Å². The lowest BCUT2D eigenvalue weighted by atomic mass is 10.0. The lowest BCUT2D eigenvalue weighted by Crippen LogP contribution is -2.35. The summed E-state index contributed by atoms with van der Waals surface area (Å²) in [6, 6.07) is 0. The zero-order valence-corrected chi connectivity index (χ0v) is 6.20. The standard InChI is InChI=1S/C7H10FNO2/c1-9-3-2-5(7(10)11)6(8)4-9/h2-3,5-6H,4H2,1H3,(H,10,11). The van der Waals surface area contributed by atoms with E-state index >= 15 is 0 Å². The van der Waals surface area contributed by atoms with Crippen LogP contribution in [-0.2, 0) is 4.79 Å². The van der Waals surface area contributed by atoms with Crippen LogP contribution in [0.4, 0.5) is 4.39 Å². The van der Waals surface area contributed by atoms with Crippen LogP contribution in [-0.4, -0.2) is 35.7 Å². The van der Waals surface area contributed by atoms with E-state index in [2.05, 4.69) is 0 Å². The summed E-state index contributed by atoms with van der Waals surface area (Å²) in [6.07, 6.45) is 1.67.